The lowest BCUT2D eigenvalue weighted by Crippen LogP contribution is -2.10. The van der Waals surface area contributed by atoms with Crippen LogP contribution in [0.4, 0.5) is 0 Å². The van der Waals surface area contributed by atoms with Crippen molar-refractivity contribution in [3.05, 3.63) is 71.8 Å². The second-order valence-corrected chi connectivity index (χ2v) is 5.51. The van der Waals surface area contributed by atoms with Gasteiger partial charge in [-0.15, -0.1) is 0 Å². The molecule has 24 heavy (non-hydrogen) atoms. The predicted octanol–water partition coefficient (Wildman–Crippen LogP) is 4.67. The first-order valence-electron chi connectivity index (χ1n) is 8.13. The van der Waals surface area contributed by atoms with Crippen molar-refractivity contribution in [3.8, 4) is 11.5 Å². The Morgan fingerprint density at radius 1 is 0.875 bits per heavy atom. The molecule has 0 amide bonds. The van der Waals surface area contributed by atoms with E-state index in [0.717, 1.165) is 29.2 Å². The smallest absolute Gasteiger partial charge is 0.154 e. The molecule has 0 bridgehead atoms. The van der Waals surface area contributed by atoms with Gasteiger partial charge in [-0.1, -0.05) is 49.4 Å². The molecule has 0 aliphatic rings. The Morgan fingerprint density at radius 3 is 2.38 bits per heavy atom. The van der Waals surface area contributed by atoms with Crippen molar-refractivity contribution < 1.29 is 14.3 Å². The first-order valence-corrected chi connectivity index (χ1v) is 8.13. The Morgan fingerprint density at radius 2 is 1.62 bits per heavy atom. The van der Waals surface area contributed by atoms with Gasteiger partial charge in [-0.05, 0) is 41.0 Å². The van der Waals surface area contributed by atoms with E-state index in [2.05, 4.69) is 19.1 Å². The van der Waals surface area contributed by atoms with Crippen LogP contribution in [-0.2, 0) is 6.42 Å². The van der Waals surface area contributed by atoms with Crippen LogP contribution in [0.5, 0.6) is 11.5 Å². The maximum absolute atomic E-state index is 11.4. The highest BCUT2D eigenvalue weighted by Gasteiger charge is 2.07. The van der Waals surface area contributed by atoms with E-state index in [4.69, 9.17) is 9.47 Å². The molecule has 0 spiro atoms. The van der Waals surface area contributed by atoms with E-state index in [0.29, 0.717) is 24.5 Å². The molecule has 0 saturated heterocycles. The van der Waals surface area contributed by atoms with Gasteiger partial charge in [0, 0.05) is 0 Å². The van der Waals surface area contributed by atoms with Crippen molar-refractivity contribution in [1.82, 2.24) is 0 Å². The topological polar surface area (TPSA) is 35.5 Å². The average molecular weight is 320 g/mol. The molecule has 0 heterocycles. The second kappa shape index (κ2) is 7.64. The molecule has 0 aliphatic heterocycles. The number of hydrogen-bond donors (Lipinski definition) is 0. The van der Waals surface area contributed by atoms with Gasteiger partial charge in [0.25, 0.3) is 0 Å². The fraction of sp³-hybridized carbons (Fsp3) is 0.190. The lowest BCUT2D eigenvalue weighted by Gasteiger charge is -2.11. The van der Waals surface area contributed by atoms with Gasteiger partial charge in [0.05, 0.1) is 5.56 Å². The molecule has 122 valence electrons. The van der Waals surface area contributed by atoms with Gasteiger partial charge in [-0.2, -0.15) is 0 Å². The zero-order valence-electron chi connectivity index (χ0n) is 13.7. The summed E-state index contributed by atoms with van der Waals surface area (Å²) in [7, 11) is 0. The van der Waals surface area contributed by atoms with Crippen molar-refractivity contribution in [3.63, 3.8) is 0 Å². The molecular weight excluding hydrogens is 300 g/mol. The summed E-state index contributed by atoms with van der Waals surface area (Å²) >= 11 is 0. The zero-order chi connectivity index (χ0) is 16.8. The molecule has 0 aromatic heterocycles. The van der Waals surface area contributed by atoms with E-state index in [1.54, 1.807) is 0 Å². The van der Waals surface area contributed by atoms with E-state index < -0.39 is 0 Å². The summed E-state index contributed by atoms with van der Waals surface area (Å²) in [6, 6.07) is 19.6. The Hall–Kier alpha value is -2.81. The van der Waals surface area contributed by atoms with Gasteiger partial charge in [0.15, 0.2) is 6.29 Å². The molecule has 0 saturated carbocycles. The molecule has 0 unspecified atom stereocenters. The van der Waals surface area contributed by atoms with Crippen molar-refractivity contribution in [2.75, 3.05) is 13.2 Å². The number of ether oxygens (including phenoxy) is 2. The SMILES string of the molecule is CCc1ccc(OCCOc2ccc3ccccc3c2C=O)cc1. The van der Waals surface area contributed by atoms with Crippen molar-refractivity contribution >= 4 is 17.1 Å². The Bertz CT molecular complexity index is 822. The quantitative estimate of drug-likeness (QED) is 0.469. The standard InChI is InChI=1S/C21H20O3/c1-2-16-7-10-18(11-8-16)23-13-14-24-21-12-9-17-5-3-4-6-19(17)20(21)15-22/h3-12,15H,2,13-14H2,1H3. The lowest BCUT2D eigenvalue weighted by molar-refractivity contribution is 0.112. The van der Waals surface area contributed by atoms with Crippen LogP contribution in [-0.4, -0.2) is 19.5 Å². The molecule has 0 atom stereocenters. The Kier molecular flexibility index (Phi) is 5.12. The number of fused-ring (bicyclic) bond motifs is 1. The van der Waals surface area contributed by atoms with Gasteiger partial charge >= 0.3 is 0 Å². The van der Waals surface area contributed by atoms with Gasteiger partial charge in [-0.25, -0.2) is 0 Å². The van der Waals surface area contributed by atoms with Crippen LogP contribution < -0.4 is 9.47 Å². The summed E-state index contributed by atoms with van der Waals surface area (Å²) in [5, 5.41) is 1.93. The van der Waals surface area contributed by atoms with Crippen LogP contribution in [0.25, 0.3) is 10.8 Å². The van der Waals surface area contributed by atoms with Gasteiger partial charge in [0.2, 0.25) is 0 Å². The predicted molar refractivity (Wildman–Crippen MR) is 96.1 cm³/mol. The second-order valence-electron chi connectivity index (χ2n) is 5.51. The molecule has 3 aromatic rings. The van der Waals surface area contributed by atoms with E-state index in [1.807, 2.05) is 48.5 Å². The van der Waals surface area contributed by atoms with Crippen molar-refractivity contribution in [1.29, 1.82) is 0 Å². The monoisotopic (exact) mass is 320 g/mol. The third-order valence-electron chi connectivity index (χ3n) is 3.99. The highest BCUT2D eigenvalue weighted by molar-refractivity contribution is 6.00. The molecule has 3 heteroatoms. The molecule has 3 nitrogen and oxygen atoms in total. The normalized spacial score (nSPS) is 10.5. The fourth-order valence-electron chi connectivity index (χ4n) is 2.66. The minimum Gasteiger partial charge on any atom is -0.490 e. The molecule has 3 rings (SSSR count). The zero-order valence-corrected chi connectivity index (χ0v) is 13.7. The first-order chi connectivity index (χ1) is 11.8. The van der Waals surface area contributed by atoms with Crippen LogP contribution in [0.2, 0.25) is 0 Å². The van der Waals surface area contributed by atoms with Gasteiger partial charge in [-0.3, -0.25) is 4.79 Å². The summed E-state index contributed by atoms with van der Waals surface area (Å²) in [4.78, 5) is 11.4. The van der Waals surface area contributed by atoms with E-state index in [-0.39, 0.29) is 0 Å². The van der Waals surface area contributed by atoms with Crippen molar-refractivity contribution in [2.24, 2.45) is 0 Å². The van der Waals surface area contributed by atoms with Crippen LogP contribution in [0.1, 0.15) is 22.8 Å². The van der Waals surface area contributed by atoms with Crippen molar-refractivity contribution in [2.45, 2.75) is 13.3 Å². The number of carbonyl (C=O) groups excluding carboxylic acids is 1. The summed E-state index contributed by atoms with van der Waals surface area (Å²) in [5.74, 6) is 1.42. The lowest BCUT2D eigenvalue weighted by atomic mass is 10.0. The average Bonchev–Trinajstić information content (AvgIpc) is 2.65. The fourth-order valence-corrected chi connectivity index (χ4v) is 2.66. The maximum Gasteiger partial charge on any atom is 0.154 e. The molecule has 0 aliphatic carbocycles. The first kappa shape index (κ1) is 16.1. The molecular formula is C21H20O3. The minimum atomic E-state index is 0.384. The van der Waals surface area contributed by atoms with Crippen LogP contribution in [0.3, 0.4) is 0 Å². The summed E-state index contributed by atoms with van der Waals surface area (Å²) in [6.07, 6.45) is 1.86. The molecule has 0 N–H and O–H groups in total. The maximum atomic E-state index is 11.4. The number of rotatable bonds is 7. The van der Waals surface area contributed by atoms with Crippen LogP contribution >= 0.6 is 0 Å². The van der Waals surface area contributed by atoms with Gasteiger partial charge < -0.3 is 9.47 Å². The number of benzene rings is 3. The highest BCUT2D eigenvalue weighted by atomic mass is 16.5. The van der Waals surface area contributed by atoms with E-state index in [9.17, 15) is 4.79 Å². The third kappa shape index (κ3) is 3.57. The highest BCUT2D eigenvalue weighted by Crippen LogP contribution is 2.26. The Balaban J connectivity index is 1.62. The third-order valence-corrected chi connectivity index (χ3v) is 3.99. The van der Waals surface area contributed by atoms with Crippen LogP contribution in [0.15, 0.2) is 60.7 Å². The molecule has 0 fully saturated rings. The molecule has 0 radical (unpaired) electrons. The van der Waals surface area contributed by atoms with E-state index >= 15 is 0 Å². The molecule has 3 aromatic carbocycles. The van der Waals surface area contributed by atoms with E-state index in [1.165, 1.54) is 5.56 Å². The summed E-state index contributed by atoms with van der Waals surface area (Å²) in [5.41, 5.74) is 1.87. The number of aryl methyl sites for hydroxylation is 1. The Labute approximate surface area is 141 Å². The minimum absolute atomic E-state index is 0.384. The number of aldehydes is 1. The number of hydrogen-bond acceptors (Lipinski definition) is 3. The number of carbonyl (C=O) groups is 1. The largest absolute Gasteiger partial charge is 0.490 e. The van der Waals surface area contributed by atoms with Gasteiger partial charge in [0.1, 0.15) is 24.7 Å². The summed E-state index contributed by atoms with van der Waals surface area (Å²) < 4.78 is 11.4. The van der Waals surface area contributed by atoms with Crippen LogP contribution in [0, 0.1) is 0 Å². The summed E-state index contributed by atoms with van der Waals surface area (Å²) in [6.45, 7) is 2.93.